The molecular formula is C13H20N4S. The molecule has 0 radical (unpaired) electrons. The lowest BCUT2D eigenvalue weighted by molar-refractivity contribution is 0.471. The van der Waals surface area contributed by atoms with Gasteiger partial charge in [0, 0.05) is 36.4 Å². The number of aromatic nitrogens is 3. The van der Waals surface area contributed by atoms with Crippen molar-refractivity contribution in [3.8, 4) is 0 Å². The van der Waals surface area contributed by atoms with Gasteiger partial charge in [-0.3, -0.25) is 4.68 Å². The van der Waals surface area contributed by atoms with Crippen molar-refractivity contribution in [2.45, 2.75) is 46.3 Å². The number of hydrogen-bond acceptors (Lipinski definition) is 4. The Balaban J connectivity index is 1.81. The smallest absolute Gasteiger partial charge is 0.0897 e. The maximum absolute atomic E-state index is 4.56. The fourth-order valence-electron chi connectivity index (χ4n) is 1.71. The molecule has 0 saturated heterocycles. The van der Waals surface area contributed by atoms with E-state index in [1.54, 1.807) is 11.3 Å². The number of hydrogen-bond donors (Lipinski definition) is 1. The van der Waals surface area contributed by atoms with Crippen LogP contribution < -0.4 is 5.32 Å². The quantitative estimate of drug-likeness (QED) is 0.872. The van der Waals surface area contributed by atoms with Gasteiger partial charge in [0.15, 0.2) is 0 Å². The van der Waals surface area contributed by atoms with Crippen molar-refractivity contribution in [1.82, 2.24) is 20.1 Å². The first-order chi connectivity index (χ1) is 8.69. The van der Waals surface area contributed by atoms with E-state index in [4.69, 9.17) is 0 Å². The molecule has 1 unspecified atom stereocenters. The number of nitrogens with one attached hydrogen (secondary N) is 1. The van der Waals surface area contributed by atoms with Gasteiger partial charge < -0.3 is 5.32 Å². The van der Waals surface area contributed by atoms with Crippen molar-refractivity contribution >= 4 is 11.3 Å². The average molecular weight is 264 g/mol. The largest absolute Gasteiger partial charge is 0.306 e. The zero-order chi connectivity index (χ0) is 13.0. The molecule has 0 aliphatic heterocycles. The third kappa shape index (κ3) is 3.40. The minimum Gasteiger partial charge on any atom is -0.306 e. The molecule has 4 nitrogen and oxygen atoms in total. The predicted octanol–water partition coefficient (Wildman–Crippen LogP) is 2.91. The van der Waals surface area contributed by atoms with E-state index in [0.717, 1.165) is 30.2 Å². The minimum atomic E-state index is 0.475. The lowest BCUT2D eigenvalue weighted by atomic mass is 10.3. The zero-order valence-electron chi connectivity index (χ0n) is 11.2. The molecule has 0 aliphatic rings. The summed E-state index contributed by atoms with van der Waals surface area (Å²) < 4.78 is 2.04. The second-order valence-corrected chi connectivity index (χ2v) is 5.81. The fraction of sp³-hybridized carbons (Fsp3) is 0.538. The van der Waals surface area contributed by atoms with Crippen LogP contribution in [0.4, 0.5) is 0 Å². The fourth-order valence-corrected chi connectivity index (χ4v) is 2.47. The van der Waals surface area contributed by atoms with Crippen molar-refractivity contribution in [3.63, 3.8) is 0 Å². The summed E-state index contributed by atoms with van der Waals surface area (Å²) in [5.41, 5.74) is 1.09. The minimum absolute atomic E-state index is 0.475. The molecule has 0 bridgehead atoms. The summed E-state index contributed by atoms with van der Waals surface area (Å²) in [7, 11) is 0. The van der Waals surface area contributed by atoms with Crippen LogP contribution in [-0.4, -0.2) is 14.8 Å². The highest BCUT2D eigenvalue weighted by molar-refractivity contribution is 7.11. The third-order valence-corrected chi connectivity index (χ3v) is 3.89. The molecule has 0 aliphatic carbocycles. The van der Waals surface area contributed by atoms with Gasteiger partial charge in [-0.1, -0.05) is 6.92 Å². The SMILES string of the molecule is CCC(C)n1ccc(CNCc2cnc(C)s2)n1. The van der Waals surface area contributed by atoms with Crippen molar-refractivity contribution in [2.75, 3.05) is 0 Å². The Bertz CT molecular complexity index is 489. The molecule has 2 heterocycles. The summed E-state index contributed by atoms with van der Waals surface area (Å²) in [4.78, 5) is 5.51. The number of rotatable bonds is 6. The summed E-state index contributed by atoms with van der Waals surface area (Å²) in [5, 5.41) is 9.07. The maximum Gasteiger partial charge on any atom is 0.0897 e. The van der Waals surface area contributed by atoms with E-state index in [2.05, 4.69) is 41.5 Å². The Hall–Kier alpha value is -1.20. The van der Waals surface area contributed by atoms with Crippen molar-refractivity contribution in [1.29, 1.82) is 0 Å². The first-order valence-corrected chi connectivity index (χ1v) is 7.16. The Morgan fingerprint density at radius 2 is 2.28 bits per heavy atom. The first kappa shape index (κ1) is 13.2. The van der Waals surface area contributed by atoms with E-state index in [1.165, 1.54) is 4.88 Å². The highest BCUT2D eigenvalue weighted by Crippen LogP contribution is 2.12. The molecule has 5 heteroatoms. The van der Waals surface area contributed by atoms with Gasteiger partial charge in [-0.2, -0.15) is 5.10 Å². The first-order valence-electron chi connectivity index (χ1n) is 6.35. The van der Waals surface area contributed by atoms with Crippen LogP contribution in [0.1, 0.15) is 41.9 Å². The molecule has 1 N–H and O–H groups in total. The normalized spacial score (nSPS) is 12.8. The topological polar surface area (TPSA) is 42.7 Å². The van der Waals surface area contributed by atoms with Gasteiger partial charge in [-0.05, 0) is 26.3 Å². The summed E-state index contributed by atoms with van der Waals surface area (Å²) in [6.45, 7) is 8.06. The van der Waals surface area contributed by atoms with E-state index < -0.39 is 0 Å². The van der Waals surface area contributed by atoms with E-state index in [-0.39, 0.29) is 0 Å². The van der Waals surface area contributed by atoms with Crippen LogP contribution in [0.25, 0.3) is 0 Å². The summed E-state index contributed by atoms with van der Waals surface area (Å²) in [5.74, 6) is 0. The Morgan fingerprint density at radius 1 is 1.44 bits per heavy atom. The van der Waals surface area contributed by atoms with Gasteiger partial charge in [0.05, 0.1) is 10.7 Å². The van der Waals surface area contributed by atoms with Gasteiger partial charge in [-0.25, -0.2) is 4.98 Å². The molecular weight excluding hydrogens is 244 g/mol. The van der Waals surface area contributed by atoms with Gasteiger partial charge >= 0.3 is 0 Å². The van der Waals surface area contributed by atoms with Crippen LogP contribution >= 0.6 is 11.3 Å². The molecule has 0 fully saturated rings. The second-order valence-electron chi connectivity index (χ2n) is 4.49. The van der Waals surface area contributed by atoms with Crippen LogP contribution in [0.15, 0.2) is 18.5 Å². The molecule has 1 atom stereocenters. The number of nitrogens with zero attached hydrogens (tertiary/aromatic N) is 3. The van der Waals surface area contributed by atoms with Crippen molar-refractivity contribution in [3.05, 3.63) is 34.0 Å². The highest BCUT2D eigenvalue weighted by Gasteiger charge is 2.04. The van der Waals surface area contributed by atoms with Crippen LogP contribution in [0, 0.1) is 6.92 Å². The standard InChI is InChI=1S/C13H20N4S/c1-4-10(2)17-6-5-12(16-17)7-14-8-13-9-15-11(3)18-13/h5-6,9-10,14H,4,7-8H2,1-3H3. The predicted molar refractivity (Wildman–Crippen MR) is 74.6 cm³/mol. The van der Waals surface area contributed by atoms with Crippen LogP contribution in [-0.2, 0) is 13.1 Å². The van der Waals surface area contributed by atoms with Crippen molar-refractivity contribution < 1.29 is 0 Å². The highest BCUT2D eigenvalue weighted by atomic mass is 32.1. The lowest BCUT2D eigenvalue weighted by Gasteiger charge is -2.08. The third-order valence-electron chi connectivity index (χ3n) is 2.98. The Kier molecular flexibility index (Phi) is 4.49. The van der Waals surface area contributed by atoms with E-state index in [0.29, 0.717) is 6.04 Å². The van der Waals surface area contributed by atoms with Gasteiger partial charge in [-0.15, -0.1) is 11.3 Å². The molecule has 0 spiro atoms. The number of aryl methyl sites for hydroxylation is 1. The van der Waals surface area contributed by atoms with Gasteiger partial charge in [0.1, 0.15) is 0 Å². The van der Waals surface area contributed by atoms with Crippen LogP contribution in [0.5, 0.6) is 0 Å². The lowest BCUT2D eigenvalue weighted by Crippen LogP contribution is -2.13. The average Bonchev–Trinajstić information content (AvgIpc) is 2.98. The monoisotopic (exact) mass is 264 g/mol. The molecule has 0 amide bonds. The molecule has 2 aromatic rings. The summed E-state index contributed by atoms with van der Waals surface area (Å²) in [6, 6.07) is 2.56. The molecule has 2 aromatic heterocycles. The Morgan fingerprint density at radius 3 is 2.94 bits per heavy atom. The van der Waals surface area contributed by atoms with Gasteiger partial charge in [0.2, 0.25) is 0 Å². The molecule has 98 valence electrons. The summed E-state index contributed by atoms with van der Waals surface area (Å²) >= 11 is 1.74. The molecule has 0 saturated carbocycles. The molecule has 0 aromatic carbocycles. The van der Waals surface area contributed by atoms with Crippen LogP contribution in [0.2, 0.25) is 0 Å². The van der Waals surface area contributed by atoms with Crippen molar-refractivity contribution in [2.24, 2.45) is 0 Å². The maximum atomic E-state index is 4.56. The zero-order valence-corrected chi connectivity index (χ0v) is 12.0. The van der Waals surface area contributed by atoms with E-state index >= 15 is 0 Å². The molecule has 2 rings (SSSR count). The summed E-state index contributed by atoms with van der Waals surface area (Å²) in [6.07, 6.45) is 5.10. The van der Waals surface area contributed by atoms with E-state index in [9.17, 15) is 0 Å². The van der Waals surface area contributed by atoms with Gasteiger partial charge in [0.25, 0.3) is 0 Å². The number of thiazole rings is 1. The Labute approximate surface area is 112 Å². The molecule has 18 heavy (non-hydrogen) atoms. The van der Waals surface area contributed by atoms with E-state index in [1.807, 2.05) is 17.8 Å². The van der Waals surface area contributed by atoms with Crippen LogP contribution in [0.3, 0.4) is 0 Å². The second kappa shape index (κ2) is 6.11.